The third-order valence-corrected chi connectivity index (χ3v) is 4.72. The van der Waals surface area contributed by atoms with Crippen molar-refractivity contribution in [3.63, 3.8) is 0 Å². The van der Waals surface area contributed by atoms with Gasteiger partial charge in [-0.2, -0.15) is 0 Å². The summed E-state index contributed by atoms with van der Waals surface area (Å²) in [6, 6.07) is 26.3. The van der Waals surface area contributed by atoms with Gasteiger partial charge in [-0.3, -0.25) is 4.79 Å². The number of anilines is 1. The number of hydrogen-bond acceptors (Lipinski definition) is 2. The van der Waals surface area contributed by atoms with E-state index in [9.17, 15) is 9.59 Å². The van der Waals surface area contributed by atoms with Gasteiger partial charge in [0.2, 0.25) is 0 Å². The van der Waals surface area contributed by atoms with E-state index in [1.807, 2.05) is 48.5 Å². The fourth-order valence-electron chi connectivity index (χ4n) is 3.25. The molecule has 29 heavy (non-hydrogen) atoms. The summed E-state index contributed by atoms with van der Waals surface area (Å²) in [5.74, 6) is -0.149. The normalized spacial score (nSPS) is 11.4. The van der Waals surface area contributed by atoms with Gasteiger partial charge in [0.25, 0.3) is 5.91 Å². The Morgan fingerprint density at radius 1 is 0.828 bits per heavy atom. The van der Waals surface area contributed by atoms with Crippen LogP contribution in [0, 0.1) is 0 Å². The molecule has 0 aliphatic heterocycles. The highest BCUT2D eigenvalue weighted by molar-refractivity contribution is 5.95. The van der Waals surface area contributed by atoms with Crippen molar-refractivity contribution in [1.29, 1.82) is 0 Å². The van der Waals surface area contributed by atoms with E-state index in [4.69, 9.17) is 5.73 Å². The van der Waals surface area contributed by atoms with E-state index in [2.05, 4.69) is 22.8 Å². The highest BCUT2D eigenvalue weighted by Gasteiger charge is 2.15. The molecule has 3 aromatic carbocycles. The van der Waals surface area contributed by atoms with Crippen LogP contribution < -0.4 is 16.4 Å². The van der Waals surface area contributed by atoms with E-state index in [0.29, 0.717) is 11.3 Å². The Hall–Kier alpha value is -3.60. The van der Waals surface area contributed by atoms with E-state index >= 15 is 0 Å². The molecule has 0 aromatic heterocycles. The Kier molecular flexibility index (Phi) is 7.00. The minimum Gasteiger partial charge on any atom is -0.351 e. The highest BCUT2D eigenvalue weighted by atomic mass is 16.2. The van der Waals surface area contributed by atoms with E-state index in [1.54, 1.807) is 24.3 Å². The zero-order valence-electron chi connectivity index (χ0n) is 16.2. The van der Waals surface area contributed by atoms with E-state index in [1.165, 1.54) is 5.56 Å². The first-order chi connectivity index (χ1) is 14.1. The SMILES string of the molecule is NC(=O)Nc1ccc(C(=O)NC(CCCc2ccccc2)c2ccccc2)cc1. The van der Waals surface area contributed by atoms with Crippen LogP contribution in [0.15, 0.2) is 84.9 Å². The van der Waals surface area contributed by atoms with Crippen LogP contribution in [-0.4, -0.2) is 11.9 Å². The maximum Gasteiger partial charge on any atom is 0.316 e. The minimum absolute atomic E-state index is 0.0733. The van der Waals surface area contributed by atoms with Gasteiger partial charge >= 0.3 is 6.03 Å². The van der Waals surface area contributed by atoms with Gasteiger partial charge in [0.15, 0.2) is 0 Å². The molecule has 0 aliphatic rings. The average Bonchev–Trinajstić information content (AvgIpc) is 2.74. The number of carbonyl (C=O) groups excluding carboxylic acids is 2. The molecule has 3 rings (SSSR count). The predicted octanol–water partition coefficient (Wildman–Crippen LogP) is 4.67. The Morgan fingerprint density at radius 3 is 2.07 bits per heavy atom. The first-order valence-electron chi connectivity index (χ1n) is 9.68. The topological polar surface area (TPSA) is 84.2 Å². The van der Waals surface area contributed by atoms with Gasteiger partial charge < -0.3 is 16.4 Å². The molecule has 3 aromatic rings. The second-order valence-electron chi connectivity index (χ2n) is 6.88. The van der Waals surface area contributed by atoms with Gasteiger partial charge in [-0.25, -0.2) is 4.79 Å². The molecule has 0 spiro atoms. The number of benzene rings is 3. The Morgan fingerprint density at radius 2 is 1.45 bits per heavy atom. The van der Waals surface area contributed by atoms with Crippen molar-refractivity contribution in [2.24, 2.45) is 5.73 Å². The maximum absolute atomic E-state index is 12.8. The molecule has 0 fully saturated rings. The van der Waals surface area contributed by atoms with Gasteiger partial charge in [-0.15, -0.1) is 0 Å². The van der Waals surface area contributed by atoms with Crippen LogP contribution in [0.5, 0.6) is 0 Å². The smallest absolute Gasteiger partial charge is 0.316 e. The monoisotopic (exact) mass is 387 g/mol. The highest BCUT2D eigenvalue weighted by Crippen LogP contribution is 2.21. The number of amides is 3. The number of urea groups is 1. The molecule has 0 radical (unpaired) electrons. The van der Waals surface area contributed by atoms with Crippen LogP contribution in [0.4, 0.5) is 10.5 Å². The lowest BCUT2D eigenvalue weighted by Crippen LogP contribution is -2.28. The summed E-state index contributed by atoms with van der Waals surface area (Å²) in [5.41, 5.74) is 8.57. The summed E-state index contributed by atoms with van der Waals surface area (Å²) in [7, 11) is 0. The zero-order chi connectivity index (χ0) is 20.5. The summed E-state index contributed by atoms with van der Waals surface area (Å²) in [6.07, 6.45) is 2.77. The molecule has 3 amide bonds. The second kappa shape index (κ2) is 10.1. The Bertz CT molecular complexity index is 925. The third kappa shape index (κ3) is 6.21. The molecule has 1 unspecified atom stereocenters. The number of aryl methyl sites for hydroxylation is 1. The average molecular weight is 387 g/mol. The van der Waals surface area contributed by atoms with Gasteiger partial charge in [-0.1, -0.05) is 60.7 Å². The largest absolute Gasteiger partial charge is 0.351 e. The van der Waals surface area contributed by atoms with Crippen molar-refractivity contribution in [1.82, 2.24) is 5.32 Å². The second-order valence-corrected chi connectivity index (χ2v) is 6.88. The number of nitrogens with one attached hydrogen (secondary N) is 2. The van der Waals surface area contributed by atoms with Crippen molar-refractivity contribution in [3.8, 4) is 0 Å². The fourth-order valence-corrected chi connectivity index (χ4v) is 3.25. The number of hydrogen-bond donors (Lipinski definition) is 3. The Balaban J connectivity index is 1.66. The summed E-state index contributed by atoms with van der Waals surface area (Å²) in [6.45, 7) is 0. The molecular formula is C24H25N3O2. The summed E-state index contributed by atoms with van der Waals surface area (Å²) >= 11 is 0. The molecule has 0 aliphatic carbocycles. The van der Waals surface area contributed by atoms with Crippen LogP contribution in [0.2, 0.25) is 0 Å². The quantitative estimate of drug-likeness (QED) is 0.525. The van der Waals surface area contributed by atoms with Crippen molar-refractivity contribution < 1.29 is 9.59 Å². The van der Waals surface area contributed by atoms with E-state index < -0.39 is 6.03 Å². The first kappa shape index (κ1) is 20.1. The number of nitrogens with two attached hydrogens (primary N) is 1. The third-order valence-electron chi connectivity index (χ3n) is 4.72. The lowest BCUT2D eigenvalue weighted by Gasteiger charge is -2.19. The lowest BCUT2D eigenvalue weighted by atomic mass is 9.98. The molecule has 0 saturated carbocycles. The Labute approximate surface area is 170 Å². The number of primary amides is 1. The fraction of sp³-hybridized carbons (Fsp3) is 0.167. The van der Waals surface area contributed by atoms with Crippen molar-refractivity contribution >= 4 is 17.6 Å². The van der Waals surface area contributed by atoms with Crippen molar-refractivity contribution in [3.05, 3.63) is 102 Å². The van der Waals surface area contributed by atoms with Gasteiger partial charge in [0, 0.05) is 11.3 Å². The maximum atomic E-state index is 12.8. The molecule has 0 saturated heterocycles. The van der Waals surface area contributed by atoms with Crippen molar-refractivity contribution in [2.75, 3.05) is 5.32 Å². The first-order valence-corrected chi connectivity index (χ1v) is 9.68. The lowest BCUT2D eigenvalue weighted by molar-refractivity contribution is 0.0934. The van der Waals surface area contributed by atoms with Gasteiger partial charge in [0.05, 0.1) is 6.04 Å². The minimum atomic E-state index is -0.634. The van der Waals surface area contributed by atoms with Crippen LogP contribution in [0.3, 0.4) is 0 Å². The number of carbonyl (C=O) groups is 2. The van der Waals surface area contributed by atoms with Gasteiger partial charge in [-0.05, 0) is 54.7 Å². The van der Waals surface area contributed by atoms with Crippen LogP contribution in [0.1, 0.15) is 40.4 Å². The molecule has 0 heterocycles. The van der Waals surface area contributed by atoms with E-state index in [-0.39, 0.29) is 11.9 Å². The van der Waals surface area contributed by atoms with Crippen molar-refractivity contribution in [2.45, 2.75) is 25.3 Å². The summed E-state index contributed by atoms with van der Waals surface area (Å²) in [5, 5.41) is 5.63. The summed E-state index contributed by atoms with van der Waals surface area (Å²) in [4.78, 5) is 23.7. The van der Waals surface area contributed by atoms with Gasteiger partial charge in [0.1, 0.15) is 0 Å². The van der Waals surface area contributed by atoms with Crippen LogP contribution >= 0.6 is 0 Å². The van der Waals surface area contributed by atoms with Crippen LogP contribution in [0.25, 0.3) is 0 Å². The molecule has 5 nitrogen and oxygen atoms in total. The predicted molar refractivity (Wildman–Crippen MR) is 116 cm³/mol. The standard InChI is InChI=1S/C24H25N3O2/c25-24(29)26-21-16-14-20(15-17-21)23(28)27-22(19-11-5-2-6-12-19)13-7-10-18-8-3-1-4-9-18/h1-6,8-9,11-12,14-17,22H,7,10,13H2,(H,27,28)(H3,25,26,29). The van der Waals surface area contributed by atoms with Crippen LogP contribution in [-0.2, 0) is 6.42 Å². The number of rotatable bonds is 8. The molecule has 0 bridgehead atoms. The molecule has 148 valence electrons. The molecule has 5 heteroatoms. The molecular weight excluding hydrogens is 362 g/mol. The molecule has 1 atom stereocenters. The molecule has 4 N–H and O–H groups in total. The summed E-state index contributed by atoms with van der Waals surface area (Å²) < 4.78 is 0. The zero-order valence-corrected chi connectivity index (χ0v) is 16.2. The van der Waals surface area contributed by atoms with E-state index in [0.717, 1.165) is 24.8 Å².